The van der Waals surface area contributed by atoms with Crippen LogP contribution in [0.2, 0.25) is 0 Å². The van der Waals surface area contributed by atoms with Crippen molar-refractivity contribution in [1.29, 1.82) is 0 Å². The summed E-state index contributed by atoms with van der Waals surface area (Å²) in [6.45, 7) is 0.634. The van der Waals surface area contributed by atoms with Gasteiger partial charge in [0.1, 0.15) is 5.82 Å². The average Bonchev–Trinajstić information content (AvgIpc) is 2.37. The van der Waals surface area contributed by atoms with E-state index in [0.29, 0.717) is 17.3 Å². The van der Waals surface area contributed by atoms with Crippen LogP contribution in [0.4, 0.5) is 4.39 Å². The average molecular weight is 314 g/mol. The minimum atomic E-state index is -0.461. The Balaban J connectivity index is 1.87. The van der Waals surface area contributed by atoms with Crippen molar-refractivity contribution in [3.8, 4) is 0 Å². The van der Waals surface area contributed by atoms with Gasteiger partial charge in [-0.15, -0.1) is 0 Å². The molecule has 0 heterocycles. The van der Waals surface area contributed by atoms with E-state index in [9.17, 15) is 9.18 Å². The van der Waals surface area contributed by atoms with Gasteiger partial charge in [0.25, 0.3) is 5.91 Å². The van der Waals surface area contributed by atoms with Crippen LogP contribution in [0.1, 0.15) is 36.0 Å². The Morgan fingerprint density at radius 1 is 1.39 bits per heavy atom. The van der Waals surface area contributed by atoms with Crippen LogP contribution in [0, 0.1) is 11.7 Å². The standard InChI is InChI=1S/C14H17BrFNO/c15-11-5-3-4-10(8-11)9-17-14(18)12-6-1-2-7-13(12)16/h1-2,6-7,10-11H,3-5,8-9H2,(H,17,18). The molecule has 0 aliphatic heterocycles. The molecule has 2 nitrogen and oxygen atoms in total. The highest BCUT2D eigenvalue weighted by Crippen LogP contribution is 2.28. The van der Waals surface area contributed by atoms with E-state index >= 15 is 0 Å². The number of hydrogen-bond donors (Lipinski definition) is 1. The van der Waals surface area contributed by atoms with Gasteiger partial charge in [-0.05, 0) is 37.3 Å². The molecule has 0 spiro atoms. The summed E-state index contributed by atoms with van der Waals surface area (Å²) < 4.78 is 13.4. The number of rotatable bonds is 3. The lowest BCUT2D eigenvalue weighted by molar-refractivity contribution is 0.0940. The topological polar surface area (TPSA) is 29.1 Å². The first-order chi connectivity index (χ1) is 8.66. The predicted octanol–water partition coefficient (Wildman–Crippen LogP) is 3.51. The molecule has 0 bridgehead atoms. The second-order valence-electron chi connectivity index (χ2n) is 4.82. The summed E-state index contributed by atoms with van der Waals surface area (Å²) >= 11 is 3.62. The first-order valence-electron chi connectivity index (χ1n) is 6.33. The van der Waals surface area contributed by atoms with Gasteiger partial charge in [0.05, 0.1) is 5.56 Å². The summed E-state index contributed by atoms with van der Waals surface area (Å²) in [5, 5.41) is 2.83. The molecule has 4 heteroatoms. The zero-order valence-electron chi connectivity index (χ0n) is 10.2. The summed E-state index contributed by atoms with van der Waals surface area (Å²) in [5.74, 6) is -0.277. The predicted molar refractivity (Wildman–Crippen MR) is 73.4 cm³/mol. The lowest BCUT2D eigenvalue weighted by Crippen LogP contribution is -2.32. The summed E-state index contributed by atoms with van der Waals surface area (Å²) in [5.41, 5.74) is 0.128. The first-order valence-corrected chi connectivity index (χ1v) is 7.25. The molecule has 1 aromatic carbocycles. The Hall–Kier alpha value is -0.900. The Morgan fingerprint density at radius 3 is 2.89 bits per heavy atom. The van der Waals surface area contributed by atoms with Crippen molar-refractivity contribution in [2.75, 3.05) is 6.54 Å². The van der Waals surface area contributed by atoms with E-state index in [1.807, 2.05) is 0 Å². The summed E-state index contributed by atoms with van der Waals surface area (Å²) in [7, 11) is 0. The van der Waals surface area contributed by atoms with Crippen molar-refractivity contribution in [2.45, 2.75) is 30.5 Å². The SMILES string of the molecule is O=C(NCC1CCCC(Br)C1)c1ccccc1F. The third-order valence-corrected chi connectivity index (χ3v) is 4.22. The van der Waals surface area contributed by atoms with Crippen LogP contribution >= 0.6 is 15.9 Å². The molecular weight excluding hydrogens is 297 g/mol. The Bertz CT molecular complexity index is 424. The van der Waals surface area contributed by atoms with Gasteiger partial charge in [-0.1, -0.05) is 34.5 Å². The normalized spacial score (nSPS) is 23.7. The molecule has 1 aliphatic carbocycles. The molecule has 2 unspecified atom stereocenters. The summed E-state index contributed by atoms with van der Waals surface area (Å²) in [6.07, 6.45) is 4.62. The monoisotopic (exact) mass is 313 g/mol. The summed E-state index contributed by atoms with van der Waals surface area (Å²) in [4.78, 5) is 12.4. The second-order valence-corrected chi connectivity index (χ2v) is 6.11. The maximum absolute atomic E-state index is 13.4. The van der Waals surface area contributed by atoms with Gasteiger partial charge >= 0.3 is 0 Å². The molecule has 1 saturated carbocycles. The number of hydrogen-bond acceptors (Lipinski definition) is 1. The lowest BCUT2D eigenvalue weighted by atomic mass is 9.89. The fourth-order valence-electron chi connectivity index (χ4n) is 2.39. The van der Waals surface area contributed by atoms with Crippen LogP contribution in [-0.4, -0.2) is 17.3 Å². The van der Waals surface area contributed by atoms with Crippen LogP contribution in [0.25, 0.3) is 0 Å². The minimum Gasteiger partial charge on any atom is -0.352 e. The number of nitrogens with one attached hydrogen (secondary N) is 1. The number of carbonyl (C=O) groups is 1. The van der Waals surface area contributed by atoms with Gasteiger partial charge in [-0.2, -0.15) is 0 Å². The van der Waals surface area contributed by atoms with E-state index in [4.69, 9.17) is 0 Å². The molecule has 1 fully saturated rings. The van der Waals surface area contributed by atoms with Crippen LogP contribution in [0.3, 0.4) is 0 Å². The van der Waals surface area contributed by atoms with E-state index in [1.54, 1.807) is 12.1 Å². The highest BCUT2D eigenvalue weighted by Gasteiger charge is 2.21. The molecule has 1 amide bonds. The third kappa shape index (κ3) is 3.55. The third-order valence-electron chi connectivity index (χ3n) is 3.39. The molecule has 1 N–H and O–H groups in total. The van der Waals surface area contributed by atoms with Crippen LogP contribution in [-0.2, 0) is 0 Å². The van der Waals surface area contributed by atoms with E-state index in [-0.39, 0.29) is 11.5 Å². The zero-order chi connectivity index (χ0) is 13.0. The molecule has 0 aromatic heterocycles. The van der Waals surface area contributed by atoms with E-state index < -0.39 is 5.82 Å². The van der Waals surface area contributed by atoms with Gasteiger partial charge in [-0.25, -0.2) is 4.39 Å². The molecule has 1 aromatic rings. The lowest BCUT2D eigenvalue weighted by Gasteiger charge is -2.25. The van der Waals surface area contributed by atoms with Crippen molar-refractivity contribution in [2.24, 2.45) is 5.92 Å². The highest BCUT2D eigenvalue weighted by molar-refractivity contribution is 9.09. The van der Waals surface area contributed by atoms with Crippen molar-refractivity contribution in [3.63, 3.8) is 0 Å². The van der Waals surface area contributed by atoms with E-state index in [1.165, 1.54) is 25.0 Å². The van der Waals surface area contributed by atoms with E-state index in [2.05, 4.69) is 21.2 Å². The smallest absolute Gasteiger partial charge is 0.254 e. The van der Waals surface area contributed by atoms with Gasteiger partial charge < -0.3 is 5.32 Å². The van der Waals surface area contributed by atoms with Crippen molar-refractivity contribution in [1.82, 2.24) is 5.32 Å². The molecule has 98 valence electrons. The first kappa shape index (κ1) is 13.5. The van der Waals surface area contributed by atoms with Crippen molar-refractivity contribution >= 4 is 21.8 Å². The number of alkyl halides is 1. The zero-order valence-corrected chi connectivity index (χ0v) is 11.7. The van der Waals surface area contributed by atoms with Gasteiger partial charge in [0.15, 0.2) is 0 Å². The molecule has 1 aliphatic rings. The number of halogens is 2. The van der Waals surface area contributed by atoms with Crippen LogP contribution in [0.5, 0.6) is 0 Å². The maximum Gasteiger partial charge on any atom is 0.254 e. The minimum absolute atomic E-state index is 0.128. The molecule has 18 heavy (non-hydrogen) atoms. The van der Waals surface area contributed by atoms with Gasteiger partial charge in [-0.3, -0.25) is 4.79 Å². The fourth-order valence-corrected chi connectivity index (χ4v) is 3.24. The van der Waals surface area contributed by atoms with Gasteiger partial charge in [0, 0.05) is 11.4 Å². The number of benzene rings is 1. The van der Waals surface area contributed by atoms with Gasteiger partial charge in [0.2, 0.25) is 0 Å². The Morgan fingerprint density at radius 2 is 2.17 bits per heavy atom. The summed E-state index contributed by atoms with van der Waals surface area (Å²) in [6, 6.07) is 6.08. The van der Waals surface area contributed by atoms with Crippen molar-refractivity contribution < 1.29 is 9.18 Å². The Labute approximate surface area is 115 Å². The number of carbonyl (C=O) groups excluding carboxylic acids is 1. The number of amides is 1. The van der Waals surface area contributed by atoms with E-state index in [0.717, 1.165) is 12.8 Å². The van der Waals surface area contributed by atoms with Crippen LogP contribution < -0.4 is 5.32 Å². The molecule has 0 radical (unpaired) electrons. The van der Waals surface area contributed by atoms with Crippen LogP contribution in [0.15, 0.2) is 24.3 Å². The maximum atomic E-state index is 13.4. The molecule has 0 saturated heterocycles. The largest absolute Gasteiger partial charge is 0.352 e. The highest BCUT2D eigenvalue weighted by atomic mass is 79.9. The molecule has 2 rings (SSSR count). The Kier molecular flexibility index (Phi) is 4.75. The fraction of sp³-hybridized carbons (Fsp3) is 0.500. The second kappa shape index (κ2) is 6.32. The van der Waals surface area contributed by atoms with Crippen molar-refractivity contribution in [3.05, 3.63) is 35.6 Å². The molecular formula is C14H17BrFNO. The quantitative estimate of drug-likeness (QED) is 0.850. The molecule has 2 atom stereocenters.